The van der Waals surface area contributed by atoms with Crippen molar-refractivity contribution in [1.29, 1.82) is 0 Å². The van der Waals surface area contributed by atoms with E-state index >= 15 is 0 Å². The molecule has 2 rings (SSSR count). The summed E-state index contributed by atoms with van der Waals surface area (Å²) in [6, 6.07) is 1.85. The predicted octanol–water partition coefficient (Wildman–Crippen LogP) is 2.74. The van der Waals surface area contributed by atoms with Gasteiger partial charge in [-0.15, -0.1) is 0 Å². The van der Waals surface area contributed by atoms with Gasteiger partial charge in [0.2, 0.25) is 0 Å². The molecule has 104 valence electrons. The SMILES string of the molecule is CCC1CCC(Nc2ncc(C(=O)O)cc2N)CC1. The number of carboxylic acids is 1. The van der Waals surface area contributed by atoms with E-state index in [2.05, 4.69) is 17.2 Å². The molecule has 0 radical (unpaired) electrons. The average molecular weight is 263 g/mol. The van der Waals surface area contributed by atoms with Crippen LogP contribution in [-0.2, 0) is 0 Å². The lowest BCUT2D eigenvalue weighted by Gasteiger charge is -2.29. The van der Waals surface area contributed by atoms with Crippen molar-refractivity contribution in [2.45, 2.75) is 45.1 Å². The number of nitrogens with one attached hydrogen (secondary N) is 1. The fourth-order valence-corrected chi connectivity index (χ4v) is 2.63. The summed E-state index contributed by atoms with van der Waals surface area (Å²) >= 11 is 0. The Balaban J connectivity index is 1.98. The Kier molecular flexibility index (Phi) is 4.24. The highest BCUT2D eigenvalue weighted by molar-refractivity contribution is 5.89. The lowest BCUT2D eigenvalue weighted by molar-refractivity contribution is 0.0696. The summed E-state index contributed by atoms with van der Waals surface area (Å²) < 4.78 is 0. The highest BCUT2D eigenvalue weighted by Crippen LogP contribution is 2.29. The highest BCUT2D eigenvalue weighted by atomic mass is 16.4. The molecule has 1 heterocycles. The minimum Gasteiger partial charge on any atom is -0.478 e. The summed E-state index contributed by atoms with van der Waals surface area (Å²) in [5.74, 6) is 0.442. The zero-order valence-corrected chi connectivity index (χ0v) is 11.2. The van der Waals surface area contributed by atoms with Gasteiger partial charge in [0.1, 0.15) is 5.82 Å². The molecule has 0 spiro atoms. The van der Waals surface area contributed by atoms with Gasteiger partial charge in [-0.2, -0.15) is 0 Å². The Labute approximate surface area is 113 Å². The second-order valence-electron chi connectivity index (χ2n) is 5.24. The van der Waals surface area contributed by atoms with Crippen LogP contribution in [0.3, 0.4) is 0 Å². The van der Waals surface area contributed by atoms with Crippen molar-refractivity contribution in [2.75, 3.05) is 11.1 Å². The van der Waals surface area contributed by atoms with Gasteiger partial charge in [0.15, 0.2) is 0 Å². The Morgan fingerprint density at radius 3 is 2.68 bits per heavy atom. The summed E-state index contributed by atoms with van der Waals surface area (Å²) in [5, 5.41) is 12.2. The highest BCUT2D eigenvalue weighted by Gasteiger charge is 2.20. The van der Waals surface area contributed by atoms with E-state index in [0.29, 0.717) is 17.5 Å². The number of hydrogen-bond acceptors (Lipinski definition) is 4. The maximum Gasteiger partial charge on any atom is 0.337 e. The Hall–Kier alpha value is -1.78. The summed E-state index contributed by atoms with van der Waals surface area (Å²) in [5.41, 5.74) is 6.36. The molecule has 1 aromatic heterocycles. The van der Waals surface area contributed by atoms with Crippen molar-refractivity contribution in [3.05, 3.63) is 17.8 Å². The van der Waals surface area contributed by atoms with Crippen molar-refractivity contribution in [3.8, 4) is 0 Å². The first-order valence-electron chi connectivity index (χ1n) is 6.85. The van der Waals surface area contributed by atoms with E-state index in [0.717, 1.165) is 18.8 Å². The summed E-state index contributed by atoms with van der Waals surface area (Å²) in [6.45, 7) is 2.24. The number of rotatable bonds is 4. The van der Waals surface area contributed by atoms with E-state index in [1.54, 1.807) is 0 Å². The Morgan fingerprint density at radius 2 is 2.16 bits per heavy atom. The number of nitrogen functional groups attached to an aromatic ring is 1. The molecule has 0 bridgehead atoms. The molecule has 0 unspecified atom stereocenters. The molecule has 1 saturated carbocycles. The van der Waals surface area contributed by atoms with Crippen LogP contribution in [0.1, 0.15) is 49.4 Å². The van der Waals surface area contributed by atoms with Gasteiger partial charge in [0.25, 0.3) is 0 Å². The fourth-order valence-electron chi connectivity index (χ4n) is 2.63. The molecule has 5 nitrogen and oxygen atoms in total. The first-order chi connectivity index (χ1) is 9.10. The first-order valence-corrected chi connectivity index (χ1v) is 6.85. The third-order valence-corrected chi connectivity index (χ3v) is 3.93. The third kappa shape index (κ3) is 3.36. The lowest BCUT2D eigenvalue weighted by Crippen LogP contribution is -2.26. The normalized spacial score (nSPS) is 23.0. The van der Waals surface area contributed by atoms with Gasteiger partial charge in [-0.3, -0.25) is 0 Å². The maximum absolute atomic E-state index is 10.8. The average Bonchev–Trinajstić information content (AvgIpc) is 2.41. The van der Waals surface area contributed by atoms with Crippen LogP contribution in [0.25, 0.3) is 0 Å². The molecular weight excluding hydrogens is 242 g/mol. The van der Waals surface area contributed by atoms with E-state index in [9.17, 15) is 4.79 Å². The molecule has 0 saturated heterocycles. The molecule has 0 amide bonds. The maximum atomic E-state index is 10.8. The van der Waals surface area contributed by atoms with Crippen LogP contribution in [0.2, 0.25) is 0 Å². The fraction of sp³-hybridized carbons (Fsp3) is 0.571. The van der Waals surface area contributed by atoms with Gasteiger partial charge in [-0.1, -0.05) is 13.3 Å². The van der Waals surface area contributed by atoms with E-state index in [4.69, 9.17) is 10.8 Å². The largest absolute Gasteiger partial charge is 0.478 e. The van der Waals surface area contributed by atoms with Gasteiger partial charge in [-0.05, 0) is 37.7 Å². The number of aromatic carboxylic acids is 1. The van der Waals surface area contributed by atoms with Gasteiger partial charge < -0.3 is 16.2 Å². The summed E-state index contributed by atoms with van der Waals surface area (Å²) in [6.07, 6.45) is 7.32. The van der Waals surface area contributed by atoms with Crippen LogP contribution < -0.4 is 11.1 Å². The van der Waals surface area contributed by atoms with Crippen LogP contribution in [0.5, 0.6) is 0 Å². The number of aromatic nitrogens is 1. The van der Waals surface area contributed by atoms with Crippen LogP contribution in [-0.4, -0.2) is 22.1 Å². The zero-order valence-electron chi connectivity index (χ0n) is 11.2. The number of anilines is 2. The van der Waals surface area contributed by atoms with Crippen molar-refractivity contribution in [2.24, 2.45) is 5.92 Å². The molecule has 1 aliphatic carbocycles. The van der Waals surface area contributed by atoms with Gasteiger partial charge >= 0.3 is 5.97 Å². The first kappa shape index (κ1) is 13.6. The van der Waals surface area contributed by atoms with Gasteiger partial charge in [-0.25, -0.2) is 9.78 Å². The van der Waals surface area contributed by atoms with Crippen molar-refractivity contribution < 1.29 is 9.90 Å². The number of nitrogens with two attached hydrogens (primary N) is 1. The minimum atomic E-state index is -1.01. The molecule has 1 fully saturated rings. The minimum absolute atomic E-state index is 0.123. The van der Waals surface area contributed by atoms with E-state index < -0.39 is 5.97 Å². The molecule has 19 heavy (non-hydrogen) atoms. The molecule has 0 aliphatic heterocycles. The van der Waals surface area contributed by atoms with Crippen LogP contribution >= 0.6 is 0 Å². The number of carbonyl (C=O) groups is 1. The van der Waals surface area contributed by atoms with Crippen LogP contribution in [0, 0.1) is 5.92 Å². The lowest BCUT2D eigenvalue weighted by atomic mass is 9.84. The molecule has 5 heteroatoms. The second kappa shape index (κ2) is 5.91. The second-order valence-corrected chi connectivity index (χ2v) is 5.24. The smallest absolute Gasteiger partial charge is 0.337 e. The van der Waals surface area contributed by atoms with Crippen LogP contribution in [0.15, 0.2) is 12.3 Å². The summed E-state index contributed by atoms with van der Waals surface area (Å²) in [4.78, 5) is 14.9. The molecular formula is C14H21N3O2. The van der Waals surface area contributed by atoms with Crippen LogP contribution in [0.4, 0.5) is 11.5 Å². The number of carboxylic acid groups (broad SMARTS) is 1. The van der Waals surface area contributed by atoms with E-state index in [1.165, 1.54) is 31.5 Å². The van der Waals surface area contributed by atoms with Crippen molar-refractivity contribution in [3.63, 3.8) is 0 Å². The van der Waals surface area contributed by atoms with E-state index in [-0.39, 0.29) is 5.56 Å². The van der Waals surface area contributed by atoms with Crippen molar-refractivity contribution >= 4 is 17.5 Å². The topological polar surface area (TPSA) is 88.2 Å². The molecule has 1 aromatic rings. The van der Waals surface area contributed by atoms with Gasteiger partial charge in [0, 0.05) is 12.2 Å². The van der Waals surface area contributed by atoms with Gasteiger partial charge in [0.05, 0.1) is 11.3 Å². The number of nitrogens with zero attached hydrogens (tertiary/aromatic N) is 1. The standard InChI is InChI=1S/C14H21N3O2/c1-2-9-3-5-11(6-4-9)17-13-12(15)7-10(8-16-13)14(18)19/h7-9,11H,2-6,15H2,1H3,(H,16,17)(H,18,19). The zero-order chi connectivity index (χ0) is 13.8. The molecule has 0 aromatic carbocycles. The monoisotopic (exact) mass is 263 g/mol. The summed E-state index contributed by atoms with van der Waals surface area (Å²) in [7, 11) is 0. The number of pyridine rings is 1. The quantitative estimate of drug-likeness (QED) is 0.777. The van der Waals surface area contributed by atoms with E-state index in [1.807, 2.05) is 0 Å². The Bertz CT molecular complexity index is 454. The Morgan fingerprint density at radius 1 is 1.47 bits per heavy atom. The van der Waals surface area contributed by atoms with Crippen molar-refractivity contribution in [1.82, 2.24) is 4.98 Å². The predicted molar refractivity (Wildman–Crippen MR) is 75.3 cm³/mol. The molecule has 1 aliphatic rings. The molecule has 4 N–H and O–H groups in total. The molecule has 0 atom stereocenters. The number of hydrogen-bond donors (Lipinski definition) is 3. The third-order valence-electron chi connectivity index (χ3n) is 3.93.